The lowest BCUT2D eigenvalue weighted by molar-refractivity contribution is -0.137. The Kier molecular flexibility index (Phi) is 7.11. The lowest BCUT2D eigenvalue weighted by Crippen LogP contribution is -2.42. The van der Waals surface area contributed by atoms with Gasteiger partial charge in [-0.05, 0) is 42.5 Å². The zero-order chi connectivity index (χ0) is 19.8. The van der Waals surface area contributed by atoms with Crippen LogP contribution in [0.15, 0.2) is 48.5 Å². The van der Waals surface area contributed by atoms with E-state index in [9.17, 15) is 9.59 Å². The molecule has 0 spiro atoms. The first-order chi connectivity index (χ1) is 13.6. The number of nitrogens with zero attached hydrogens (tertiary/aromatic N) is 1. The summed E-state index contributed by atoms with van der Waals surface area (Å²) in [6.45, 7) is 2.13. The van der Waals surface area contributed by atoms with E-state index >= 15 is 0 Å². The summed E-state index contributed by atoms with van der Waals surface area (Å²) in [5.41, 5.74) is 0.603. The highest BCUT2D eigenvalue weighted by atomic mass is 35.5. The molecular formula is C20H21ClN2O5. The van der Waals surface area contributed by atoms with Gasteiger partial charge >= 0.3 is 0 Å². The fraction of sp³-hybridized carbons (Fsp3) is 0.300. The number of carbonyl (C=O) groups excluding carboxylic acids is 2. The van der Waals surface area contributed by atoms with Crippen LogP contribution in [0.4, 0.5) is 5.69 Å². The molecule has 0 unspecified atom stereocenters. The van der Waals surface area contributed by atoms with Crippen LogP contribution in [-0.4, -0.2) is 56.2 Å². The average Bonchev–Trinajstić information content (AvgIpc) is 2.72. The number of hydrogen-bond donors (Lipinski definition) is 1. The van der Waals surface area contributed by atoms with Crippen molar-refractivity contribution in [1.82, 2.24) is 4.90 Å². The van der Waals surface area contributed by atoms with Gasteiger partial charge in [0.05, 0.1) is 13.2 Å². The predicted octanol–water partition coefficient (Wildman–Crippen LogP) is 2.60. The number of amides is 2. The van der Waals surface area contributed by atoms with Gasteiger partial charge in [0, 0.05) is 23.8 Å². The van der Waals surface area contributed by atoms with Crippen LogP contribution in [-0.2, 0) is 14.3 Å². The highest BCUT2D eigenvalue weighted by Gasteiger charge is 2.17. The van der Waals surface area contributed by atoms with Crippen LogP contribution < -0.4 is 14.8 Å². The number of halogens is 1. The van der Waals surface area contributed by atoms with Gasteiger partial charge in [-0.25, -0.2) is 0 Å². The van der Waals surface area contributed by atoms with Crippen molar-refractivity contribution in [1.29, 1.82) is 0 Å². The maximum Gasteiger partial charge on any atom is 0.262 e. The third-order valence-corrected chi connectivity index (χ3v) is 4.27. The molecule has 1 fully saturated rings. The van der Waals surface area contributed by atoms with Crippen molar-refractivity contribution >= 4 is 29.1 Å². The van der Waals surface area contributed by atoms with Crippen LogP contribution in [0, 0.1) is 0 Å². The third kappa shape index (κ3) is 6.14. The Morgan fingerprint density at radius 1 is 1.00 bits per heavy atom. The van der Waals surface area contributed by atoms with Gasteiger partial charge in [-0.2, -0.15) is 0 Å². The molecule has 2 amide bonds. The molecule has 1 aliphatic heterocycles. The van der Waals surface area contributed by atoms with Crippen LogP contribution in [0.3, 0.4) is 0 Å². The van der Waals surface area contributed by atoms with Crippen LogP contribution >= 0.6 is 11.6 Å². The largest absolute Gasteiger partial charge is 0.484 e. The Morgan fingerprint density at radius 2 is 1.71 bits per heavy atom. The summed E-state index contributed by atoms with van der Waals surface area (Å²) in [4.78, 5) is 25.8. The van der Waals surface area contributed by atoms with Gasteiger partial charge in [0.2, 0.25) is 0 Å². The zero-order valence-corrected chi connectivity index (χ0v) is 16.0. The summed E-state index contributed by atoms with van der Waals surface area (Å²) < 4.78 is 16.1. The van der Waals surface area contributed by atoms with Crippen molar-refractivity contribution in [2.24, 2.45) is 0 Å². The van der Waals surface area contributed by atoms with E-state index in [1.807, 2.05) is 0 Å². The highest BCUT2D eigenvalue weighted by molar-refractivity contribution is 6.30. The molecule has 28 heavy (non-hydrogen) atoms. The van der Waals surface area contributed by atoms with Gasteiger partial charge < -0.3 is 24.4 Å². The van der Waals surface area contributed by atoms with Gasteiger partial charge in [0.1, 0.15) is 11.5 Å². The first kappa shape index (κ1) is 20.0. The van der Waals surface area contributed by atoms with Gasteiger partial charge in [0.15, 0.2) is 13.2 Å². The van der Waals surface area contributed by atoms with Gasteiger partial charge in [-0.3, -0.25) is 9.59 Å². The first-order valence-electron chi connectivity index (χ1n) is 8.87. The molecule has 0 aromatic heterocycles. The first-order valence-corrected chi connectivity index (χ1v) is 9.24. The van der Waals surface area contributed by atoms with E-state index in [0.717, 1.165) is 0 Å². The molecule has 1 N–H and O–H groups in total. The number of anilines is 1. The molecule has 7 nitrogen and oxygen atoms in total. The summed E-state index contributed by atoms with van der Waals surface area (Å²) in [5, 5.41) is 3.27. The molecule has 3 rings (SSSR count). The second-order valence-electron chi connectivity index (χ2n) is 6.10. The number of rotatable bonds is 7. The summed E-state index contributed by atoms with van der Waals surface area (Å²) >= 11 is 5.87. The standard InChI is InChI=1S/C20H21ClN2O5/c21-15-2-1-3-18(12-15)27-13-19(24)22-16-4-6-17(7-5-16)28-14-20(25)23-8-10-26-11-9-23/h1-7,12H,8-11,13-14H2,(H,22,24). The van der Waals surface area contributed by atoms with Gasteiger partial charge in [0.25, 0.3) is 11.8 Å². The minimum Gasteiger partial charge on any atom is -0.484 e. The molecule has 2 aromatic carbocycles. The summed E-state index contributed by atoms with van der Waals surface area (Å²) in [6.07, 6.45) is 0. The molecule has 148 valence electrons. The molecule has 0 aliphatic carbocycles. The molecule has 1 saturated heterocycles. The van der Waals surface area contributed by atoms with E-state index in [-0.39, 0.29) is 25.0 Å². The third-order valence-electron chi connectivity index (χ3n) is 4.03. The van der Waals surface area contributed by atoms with Crippen molar-refractivity contribution in [3.63, 3.8) is 0 Å². The van der Waals surface area contributed by atoms with E-state index in [1.54, 1.807) is 53.4 Å². The quantitative estimate of drug-likeness (QED) is 0.767. The lowest BCUT2D eigenvalue weighted by atomic mass is 10.3. The van der Waals surface area contributed by atoms with Gasteiger partial charge in [-0.1, -0.05) is 17.7 Å². The second kappa shape index (κ2) is 9.96. The molecule has 1 aliphatic rings. The number of morpholine rings is 1. The Hall–Kier alpha value is -2.77. The number of hydrogen-bond acceptors (Lipinski definition) is 5. The average molecular weight is 405 g/mol. The van der Waals surface area contributed by atoms with Crippen LogP contribution in [0.2, 0.25) is 5.02 Å². The monoisotopic (exact) mass is 404 g/mol. The van der Waals surface area contributed by atoms with Gasteiger partial charge in [-0.15, -0.1) is 0 Å². The fourth-order valence-electron chi connectivity index (χ4n) is 2.59. The molecule has 0 atom stereocenters. The van der Waals surface area contributed by atoms with E-state index in [0.29, 0.717) is 48.5 Å². The maximum atomic E-state index is 12.1. The molecular weight excluding hydrogens is 384 g/mol. The van der Waals surface area contributed by atoms with Crippen molar-refractivity contribution in [3.8, 4) is 11.5 Å². The molecule has 0 radical (unpaired) electrons. The fourth-order valence-corrected chi connectivity index (χ4v) is 2.77. The Morgan fingerprint density at radius 3 is 2.43 bits per heavy atom. The SMILES string of the molecule is O=C(COc1cccc(Cl)c1)Nc1ccc(OCC(=O)N2CCOCC2)cc1. The number of benzene rings is 2. The number of carbonyl (C=O) groups is 2. The molecule has 2 aromatic rings. The van der Waals surface area contributed by atoms with E-state index in [1.165, 1.54) is 0 Å². The molecule has 0 saturated carbocycles. The number of nitrogens with one attached hydrogen (secondary N) is 1. The molecule has 1 heterocycles. The minimum absolute atomic E-state index is 0.0286. The summed E-state index contributed by atoms with van der Waals surface area (Å²) in [6, 6.07) is 13.6. The summed E-state index contributed by atoms with van der Waals surface area (Å²) in [5.74, 6) is 0.709. The predicted molar refractivity (Wildman–Crippen MR) is 105 cm³/mol. The van der Waals surface area contributed by atoms with E-state index in [4.69, 9.17) is 25.8 Å². The van der Waals surface area contributed by atoms with Crippen LogP contribution in [0.5, 0.6) is 11.5 Å². The van der Waals surface area contributed by atoms with Crippen molar-refractivity contribution in [2.75, 3.05) is 44.8 Å². The van der Waals surface area contributed by atoms with Crippen LogP contribution in [0.25, 0.3) is 0 Å². The zero-order valence-electron chi connectivity index (χ0n) is 15.2. The van der Waals surface area contributed by atoms with E-state index in [2.05, 4.69) is 5.32 Å². The molecule has 0 bridgehead atoms. The highest BCUT2D eigenvalue weighted by Crippen LogP contribution is 2.18. The Balaban J connectivity index is 1.42. The minimum atomic E-state index is -0.295. The van der Waals surface area contributed by atoms with Crippen molar-refractivity contribution in [2.45, 2.75) is 0 Å². The van der Waals surface area contributed by atoms with Crippen molar-refractivity contribution in [3.05, 3.63) is 53.6 Å². The summed E-state index contributed by atoms with van der Waals surface area (Å²) in [7, 11) is 0. The Bertz CT molecular complexity index is 806. The smallest absolute Gasteiger partial charge is 0.262 e. The maximum absolute atomic E-state index is 12.1. The normalized spacial score (nSPS) is 13.7. The lowest BCUT2D eigenvalue weighted by Gasteiger charge is -2.26. The Labute approximate surface area is 168 Å². The second-order valence-corrected chi connectivity index (χ2v) is 6.54. The topological polar surface area (TPSA) is 77.1 Å². The van der Waals surface area contributed by atoms with E-state index < -0.39 is 0 Å². The number of ether oxygens (including phenoxy) is 3. The molecule has 8 heteroatoms. The van der Waals surface area contributed by atoms with Crippen molar-refractivity contribution < 1.29 is 23.8 Å². The van der Waals surface area contributed by atoms with Crippen LogP contribution in [0.1, 0.15) is 0 Å².